The quantitative estimate of drug-likeness (QED) is 0.705. The number of unbranched alkanes of at least 4 members (excludes halogenated alkanes) is 2. The number of ether oxygens (including phenoxy) is 1. The van der Waals surface area contributed by atoms with Gasteiger partial charge in [0.2, 0.25) is 0 Å². The van der Waals surface area contributed by atoms with Crippen LogP contribution in [0.5, 0.6) is 11.5 Å². The molecular formula is C19H25NO5. The molecule has 0 spiro atoms. The summed E-state index contributed by atoms with van der Waals surface area (Å²) < 4.78 is 5.05. The number of benzene rings is 1. The summed E-state index contributed by atoms with van der Waals surface area (Å²) in [6.45, 7) is 4.19. The number of aromatic hydroxyl groups is 1. The molecule has 0 aliphatic carbocycles. The van der Waals surface area contributed by atoms with Crippen LogP contribution in [0.15, 0.2) is 29.5 Å². The first-order valence-electron chi connectivity index (χ1n) is 8.60. The number of carbonyl (C=O) groups is 2. The molecule has 1 aliphatic heterocycles. The third-order valence-electron chi connectivity index (χ3n) is 4.45. The maximum absolute atomic E-state index is 12.5. The van der Waals surface area contributed by atoms with Crippen LogP contribution in [-0.4, -0.2) is 40.5 Å². The van der Waals surface area contributed by atoms with Crippen molar-refractivity contribution in [2.24, 2.45) is 0 Å². The van der Waals surface area contributed by atoms with Gasteiger partial charge in [-0.3, -0.25) is 9.59 Å². The molecule has 1 aliphatic rings. The Balaban J connectivity index is 2.46. The maximum atomic E-state index is 12.5. The van der Waals surface area contributed by atoms with Gasteiger partial charge in [-0.2, -0.15) is 0 Å². The number of nitrogens with zero attached hydrogens (tertiary/aromatic N) is 1. The van der Waals surface area contributed by atoms with Crippen LogP contribution < -0.4 is 4.74 Å². The lowest BCUT2D eigenvalue weighted by molar-refractivity contribution is -0.129. The first kappa shape index (κ1) is 18.8. The number of amides is 1. The van der Waals surface area contributed by atoms with Crippen LogP contribution in [0.3, 0.4) is 0 Å². The molecule has 25 heavy (non-hydrogen) atoms. The van der Waals surface area contributed by atoms with Crippen molar-refractivity contribution in [3.8, 4) is 11.5 Å². The predicted molar refractivity (Wildman–Crippen MR) is 93.6 cm³/mol. The highest BCUT2D eigenvalue weighted by Gasteiger charge is 2.42. The summed E-state index contributed by atoms with van der Waals surface area (Å²) in [4.78, 5) is 26.4. The van der Waals surface area contributed by atoms with Crippen molar-refractivity contribution in [2.75, 3.05) is 13.7 Å². The molecule has 2 N–H and O–H groups in total. The molecule has 1 aromatic carbocycles. The Morgan fingerprint density at radius 3 is 2.52 bits per heavy atom. The molecule has 1 atom stereocenters. The summed E-state index contributed by atoms with van der Waals surface area (Å²) in [7, 11) is 1.45. The predicted octanol–water partition coefficient (Wildman–Crippen LogP) is 3.27. The average molecular weight is 347 g/mol. The highest BCUT2D eigenvalue weighted by molar-refractivity contribution is 6.08. The minimum Gasteiger partial charge on any atom is -0.504 e. The molecule has 6 heteroatoms. The Hall–Kier alpha value is -2.50. The molecule has 0 saturated heterocycles. The van der Waals surface area contributed by atoms with E-state index in [-0.39, 0.29) is 23.5 Å². The largest absolute Gasteiger partial charge is 0.504 e. The average Bonchev–Trinajstić information content (AvgIpc) is 2.86. The number of rotatable bonds is 8. The van der Waals surface area contributed by atoms with Gasteiger partial charge < -0.3 is 19.8 Å². The fraction of sp³-hybridized carbons (Fsp3) is 0.474. The number of ketones is 1. The second kappa shape index (κ2) is 8.05. The van der Waals surface area contributed by atoms with Gasteiger partial charge in [-0.05, 0) is 24.1 Å². The second-order valence-corrected chi connectivity index (χ2v) is 6.08. The number of hydrogen-bond donors (Lipinski definition) is 2. The Labute approximate surface area is 147 Å². The Kier molecular flexibility index (Phi) is 6.07. The van der Waals surface area contributed by atoms with E-state index in [0.717, 1.165) is 19.3 Å². The number of hydrogen-bond acceptors (Lipinski definition) is 5. The minimum absolute atomic E-state index is 0.0735. The summed E-state index contributed by atoms with van der Waals surface area (Å²) >= 11 is 0. The van der Waals surface area contributed by atoms with Crippen molar-refractivity contribution < 1.29 is 24.5 Å². The lowest BCUT2D eigenvalue weighted by Crippen LogP contribution is -2.32. The first-order valence-corrected chi connectivity index (χ1v) is 8.60. The number of methoxy groups -OCH3 is 1. The van der Waals surface area contributed by atoms with E-state index in [4.69, 9.17) is 4.74 Å². The van der Waals surface area contributed by atoms with E-state index in [1.165, 1.54) is 18.1 Å². The monoisotopic (exact) mass is 347 g/mol. The van der Waals surface area contributed by atoms with Crippen LogP contribution in [0.2, 0.25) is 0 Å². The summed E-state index contributed by atoms with van der Waals surface area (Å²) in [6.07, 6.45) is 2.91. The van der Waals surface area contributed by atoms with Crippen LogP contribution in [0.1, 0.15) is 51.1 Å². The number of phenols is 1. The molecule has 136 valence electrons. The molecule has 1 amide bonds. The Morgan fingerprint density at radius 2 is 1.96 bits per heavy atom. The van der Waals surface area contributed by atoms with Crippen LogP contribution in [0.25, 0.3) is 0 Å². The Bertz CT molecular complexity index is 695. The summed E-state index contributed by atoms with van der Waals surface area (Å²) in [6, 6.07) is 4.08. The fourth-order valence-corrected chi connectivity index (χ4v) is 3.12. The van der Waals surface area contributed by atoms with Gasteiger partial charge in [-0.1, -0.05) is 32.8 Å². The second-order valence-electron chi connectivity index (χ2n) is 6.08. The van der Waals surface area contributed by atoms with Gasteiger partial charge in [0.25, 0.3) is 5.91 Å². The molecule has 6 nitrogen and oxygen atoms in total. The zero-order valence-corrected chi connectivity index (χ0v) is 14.9. The molecule has 0 radical (unpaired) electrons. The van der Waals surface area contributed by atoms with Crippen LogP contribution in [0.4, 0.5) is 0 Å². The first-order chi connectivity index (χ1) is 12.0. The van der Waals surface area contributed by atoms with Gasteiger partial charge in [-0.15, -0.1) is 0 Å². The van der Waals surface area contributed by atoms with Gasteiger partial charge in [0.15, 0.2) is 23.0 Å². The van der Waals surface area contributed by atoms with Crippen LogP contribution >= 0.6 is 0 Å². The van der Waals surface area contributed by atoms with Crippen molar-refractivity contribution in [1.29, 1.82) is 0 Å². The lowest BCUT2D eigenvalue weighted by atomic mass is 9.94. The number of phenolic OH excluding ortho intramolecular Hbond substituents is 1. The highest BCUT2D eigenvalue weighted by atomic mass is 16.5. The SMILES string of the molecule is CCCCCN1C(=O)C(O)=C(C(=O)CC)C1c1ccc(OC)c(O)c1. The number of carbonyl (C=O) groups excluding carboxylic acids is 2. The molecule has 1 heterocycles. The van der Waals surface area contributed by atoms with E-state index >= 15 is 0 Å². The van der Waals surface area contributed by atoms with Crippen molar-refractivity contribution >= 4 is 11.7 Å². The van der Waals surface area contributed by atoms with E-state index in [9.17, 15) is 19.8 Å². The van der Waals surface area contributed by atoms with Gasteiger partial charge in [-0.25, -0.2) is 0 Å². The van der Waals surface area contributed by atoms with Gasteiger partial charge in [0.05, 0.1) is 18.7 Å². The maximum Gasteiger partial charge on any atom is 0.290 e. The lowest BCUT2D eigenvalue weighted by Gasteiger charge is -2.27. The smallest absolute Gasteiger partial charge is 0.290 e. The molecule has 0 fully saturated rings. The van der Waals surface area contributed by atoms with Crippen molar-refractivity contribution in [3.05, 3.63) is 35.1 Å². The third kappa shape index (κ3) is 3.62. The normalized spacial score (nSPS) is 17.3. The van der Waals surface area contributed by atoms with E-state index in [1.54, 1.807) is 19.1 Å². The minimum atomic E-state index is -0.686. The number of aliphatic hydroxyl groups is 1. The molecule has 0 saturated carbocycles. The summed E-state index contributed by atoms with van der Waals surface area (Å²) in [5.74, 6) is -1.06. The van der Waals surface area contributed by atoms with E-state index in [2.05, 4.69) is 6.92 Å². The fourth-order valence-electron chi connectivity index (χ4n) is 3.12. The molecule has 0 aromatic heterocycles. The zero-order chi connectivity index (χ0) is 18.6. The van der Waals surface area contributed by atoms with Gasteiger partial charge in [0.1, 0.15) is 0 Å². The van der Waals surface area contributed by atoms with Gasteiger partial charge >= 0.3 is 0 Å². The molecule has 1 aromatic rings. The van der Waals surface area contributed by atoms with E-state index < -0.39 is 17.7 Å². The topological polar surface area (TPSA) is 87.1 Å². The highest BCUT2D eigenvalue weighted by Crippen LogP contribution is 2.40. The van der Waals surface area contributed by atoms with Gasteiger partial charge in [0, 0.05) is 13.0 Å². The number of aliphatic hydroxyl groups excluding tert-OH is 1. The molecule has 0 bridgehead atoms. The molecule has 1 unspecified atom stereocenters. The zero-order valence-electron chi connectivity index (χ0n) is 14.9. The summed E-state index contributed by atoms with van der Waals surface area (Å²) in [5, 5.41) is 20.3. The molecule has 2 rings (SSSR count). The van der Waals surface area contributed by atoms with Crippen molar-refractivity contribution in [1.82, 2.24) is 4.90 Å². The van der Waals surface area contributed by atoms with Crippen LogP contribution in [-0.2, 0) is 9.59 Å². The molecular weight excluding hydrogens is 322 g/mol. The van der Waals surface area contributed by atoms with Crippen molar-refractivity contribution in [2.45, 2.75) is 45.6 Å². The summed E-state index contributed by atoms with van der Waals surface area (Å²) in [5.41, 5.74) is 0.678. The number of Topliss-reactive ketones (excluding diaryl/α,β-unsaturated/α-hetero) is 1. The van der Waals surface area contributed by atoms with Crippen molar-refractivity contribution in [3.63, 3.8) is 0 Å². The third-order valence-corrected chi connectivity index (χ3v) is 4.45. The standard InChI is InChI=1S/C19H25NO5/c1-4-6-7-10-20-17(12-8-9-15(25-3)14(22)11-12)16(13(21)5-2)18(23)19(20)24/h8-9,11,17,22-23H,4-7,10H2,1-3H3. The van der Waals surface area contributed by atoms with E-state index in [0.29, 0.717) is 17.9 Å². The Morgan fingerprint density at radius 1 is 1.24 bits per heavy atom. The van der Waals surface area contributed by atoms with E-state index in [1.807, 2.05) is 0 Å². The van der Waals surface area contributed by atoms with Crippen LogP contribution in [0, 0.1) is 0 Å².